The van der Waals surface area contributed by atoms with E-state index in [4.69, 9.17) is 4.99 Å². The van der Waals surface area contributed by atoms with Gasteiger partial charge in [-0.3, -0.25) is 14.7 Å². The van der Waals surface area contributed by atoms with Crippen molar-refractivity contribution in [1.82, 2.24) is 4.90 Å². The maximum absolute atomic E-state index is 13.1. The third-order valence-electron chi connectivity index (χ3n) is 5.52. The Balaban J connectivity index is 1.78. The first-order valence-corrected chi connectivity index (χ1v) is 9.70. The third-order valence-corrected chi connectivity index (χ3v) is 5.52. The normalized spacial score (nSPS) is 18.3. The minimum Gasteiger partial charge on any atom is -0.294 e. The zero-order valence-corrected chi connectivity index (χ0v) is 16.6. The molecule has 0 N–H and O–H groups in total. The van der Waals surface area contributed by atoms with E-state index < -0.39 is 5.54 Å². The van der Waals surface area contributed by atoms with E-state index in [1.165, 1.54) is 6.42 Å². The Labute approximate surface area is 167 Å². The molecule has 1 fully saturated rings. The van der Waals surface area contributed by atoms with Gasteiger partial charge in [-0.1, -0.05) is 56.0 Å². The summed E-state index contributed by atoms with van der Waals surface area (Å²) in [5, 5.41) is 9.19. The van der Waals surface area contributed by atoms with Crippen molar-refractivity contribution in [1.29, 1.82) is 5.26 Å². The molecule has 1 amide bonds. The van der Waals surface area contributed by atoms with Crippen molar-refractivity contribution < 1.29 is 4.79 Å². The van der Waals surface area contributed by atoms with Crippen molar-refractivity contribution in [2.45, 2.75) is 58.0 Å². The van der Waals surface area contributed by atoms with Gasteiger partial charge in [0.05, 0.1) is 18.2 Å². The smallest absolute Gasteiger partial charge is 0.256 e. The van der Waals surface area contributed by atoms with Gasteiger partial charge in [0.2, 0.25) is 0 Å². The van der Waals surface area contributed by atoms with E-state index in [-0.39, 0.29) is 5.91 Å². The summed E-state index contributed by atoms with van der Waals surface area (Å²) in [6.45, 7) is 8.01. The first-order valence-electron chi connectivity index (χ1n) is 9.70. The van der Waals surface area contributed by atoms with Crippen LogP contribution in [0, 0.1) is 23.2 Å². The average Bonchev–Trinajstić information content (AvgIpc) is 2.93. The molecule has 28 heavy (non-hydrogen) atoms. The average molecular weight is 371 g/mol. The molecule has 0 saturated heterocycles. The summed E-state index contributed by atoms with van der Waals surface area (Å²) in [5.74, 6) is 6.65. The van der Waals surface area contributed by atoms with Crippen molar-refractivity contribution in [3.05, 3.63) is 53.6 Å². The monoisotopic (exact) mass is 371 g/mol. The summed E-state index contributed by atoms with van der Waals surface area (Å²) >= 11 is 0. The maximum atomic E-state index is 13.1. The van der Waals surface area contributed by atoms with E-state index in [1.54, 1.807) is 13.0 Å². The third kappa shape index (κ3) is 3.78. The molecule has 1 aromatic rings. The lowest BCUT2D eigenvalue weighted by Crippen LogP contribution is -2.43. The quantitative estimate of drug-likeness (QED) is 0.440. The Bertz CT molecular complexity index is 942. The van der Waals surface area contributed by atoms with Crippen molar-refractivity contribution in [2.75, 3.05) is 0 Å². The van der Waals surface area contributed by atoms with Gasteiger partial charge in [-0.25, -0.2) is 0 Å². The number of hydrogen-bond acceptors (Lipinski definition) is 3. The fourth-order valence-electron chi connectivity index (χ4n) is 3.99. The molecule has 0 atom stereocenters. The number of allylic oxidation sites excluding steroid dienone is 3. The Morgan fingerprint density at radius 3 is 2.57 bits per heavy atom. The summed E-state index contributed by atoms with van der Waals surface area (Å²) in [6.07, 6.45) is 6.78. The van der Waals surface area contributed by atoms with E-state index in [0.29, 0.717) is 12.1 Å². The lowest BCUT2D eigenvalue weighted by atomic mass is 9.82. The second-order valence-corrected chi connectivity index (χ2v) is 7.38. The van der Waals surface area contributed by atoms with E-state index >= 15 is 0 Å². The largest absolute Gasteiger partial charge is 0.294 e. The molecule has 2 aliphatic rings. The van der Waals surface area contributed by atoms with Crippen LogP contribution < -0.4 is 0 Å². The second kappa shape index (κ2) is 8.28. The highest BCUT2D eigenvalue weighted by Gasteiger charge is 2.47. The highest BCUT2D eigenvalue weighted by molar-refractivity contribution is 6.07. The molecular weight excluding hydrogens is 346 g/mol. The van der Waals surface area contributed by atoms with Gasteiger partial charge in [-0.15, -0.1) is 5.92 Å². The number of amidine groups is 1. The molecule has 4 heteroatoms. The van der Waals surface area contributed by atoms with Crippen LogP contribution >= 0.6 is 0 Å². The molecule has 3 rings (SSSR count). The van der Waals surface area contributed by atoms with Gasteiger partial charge in [-0.05, 0) is 43.9 Å². The molecule has 0 radical (unpaired) electrons. The van der Waals surface area contributed by atoms with Crippen molar-refractivity contribution in [3.63, 3.8) is 0 Å². The summed E-state index contributed by atoms with van der Waals surface area (Å²) in [7, 11) is 0. The van der Waals surface area contributed by atoms with E-state index in [1.807, 2.05) is 36.1 Å². The minimum atomic E-state index is -0.512. The first-order chi connectivity index (χ1) is 13.5. The zero-order chi connectivity index (χ0) is 20.1. The summed E-state index contributed by atoms with van der Waals surface area (Å²) in [6, 6.07) is 9.96. The summed E-state index contributed by atoms with van der Waals surface area (Å²) in [4.78, 5) is 19.6. The molecule has 1 saturated carbocycles. The van der Waals surface area contributed by atoms with Crippen LogP contribution in [-0.2, 0) is 11.3 Å². The van der Waals surface area contributed by atoms with E-state index in [2.05, 4.69) is 24.5 Å². The number of nitriles is 1. The predicted molar refractivity (Wildman–Crippen MR) is 112 cm³/mol. The van der Waals surface area contributed by atoms with Crippen LogP contribution in [0.2, 0.25) is 0 Å². The van der Waals surface area contributed by atoms with Crippen LogP contribution in [-0.4, -0.2) is 22.2 Å². The molecule has 1 aliphatic carbocycles. The second-order valence-electron chi connectivity index (χ2n) is 7.38. The topological polar surface area (TPSA) is 56.5 Å². The molecule has 1 aliphatic heterocycles. The molecule has 142 valence electrons. The van der Waals surface area contributed by atoms with Crippen molar-refractivity contribution in [3.8, 4) is 17.9 Å². The van der Waals surface area contributed by atoms with Crippen LogP contribution in [0.3, 0.4) is 0 Å². The number of nitrogens with zero attached hydrogens (tertiary/aromatic N) is 3. The summed E-state index contributed by atoms with van der Waals surface area (Å²) in [5.41, 5.74) is 2.51. The maximum Gasteiger partial charge on any atom is 0.256 e. The van der Waals surface area contributed by atoms with Gasteiger partial charge in [0.1, 0.15) is 11.4 Å². The Hall–Kier alpha value is -3.11. The number of hydrogen-bond donors (Lipinski definition) is 0. The van der Waals surface area contributed by atoms with Gasteiger partial charge in [0.15, 0.2) is 0 Å². The van der Waals surface area contributed by atoms with Gasteiger partial charge in [0, 0.05) is 5.57 Å². The lowest BCUT2D eigenvalue weighted by molar-refractivity contribution is -0.132. The molecule has 0 unspecified atom stereocenters. The Morgan fingerprint density at radius 2 is 1.96 bits per heavy atom. The van der Waals surface area contributed by atoms with Gasteiger partial charge < -0.3 is 0 Å². The Kier molecular flexibility index (Phi) is 5.81. The van der Waals surface area contributed by atoms with Crippen molar-refractivity contribution in [2.24, 2.45) is 4.99 Å². The standard InChI is InChI=1S/C24H25N3O/c1-4-5-9-22(18(2)16-25)21-12-10-20(11-13-21)17-27-19(3)26-24(23(27)28)14-7-6-8-15-24/h9-13H,2,6-8,14-15,17H2,1,3H3/b22-9+. The zero-order valence-electron chi connectivity index (χ0n) is 16.6. The summed E-state index contributed by atoms with van der Waals surface area (Å²) < 4.78 is 0. The van der Waals surface area contributed by atoms with Crippen LogP contribution in [0.25, 0.3) is 5.57 Å². The van der Waals surface area contributed by atoms with Crippen LogP contribution in [0.4, 0.5) is 0 Å². The van der Waals surface area contributed by atoms with Gasteiger partial charge in [0.25, 0.3) is 5.91 Å². The highest BCUT2D eigenvalue weighted by atomic mass is 16.2. The number of rotatable bonds is 4. The van der Waals surface area contributed by atoms with Crippen molar-refractivity contribution >= 4 is 17.3 Å². The number of benzene rings is 1. The Morgan fingerprint density at radius 1 is 1.29 bits per heavy atom. The molecule has 1 aromatic carbocycles. The number of aliphatic imine (C=N–C) groups is 1. The number of carbonyl (C=O) groups is 1. The lowest BCUT2D eigenvalue weighted by Gasteiger charge is -2.29. The number of carbonyl (C=O) groups excluding carboxylic acids is 1. The first kappa shape index (κ1) is 19.6. The molecule has 1 heterocycles. The fraction of sp³-hybridized carbons (Fsp3) is 0.375. The minimum absolute atomic E-state index is 0.144. The van der Waals surface area contributed by atoms with E-state index in [0.717, 1.165) is 48.2 Å². The van der Waals surface area contributed by atoms with E-state index in [9.17, 15) is 10.1 Å². The molecule has 0 aromatic heterocycles. The molecule has 1 spiro atoms. The molecular formula is C24H25N3O. The molecule has 4 nitrogen and oxygen atoms in total. The van der Waals surface area contributed by atoms with Gasteiger partial charge in [-0.2, -0.15) is 5.26 Å². The van der Waals surface area contributed by atoms with Crippen LogP contribution in [0.5, 0.6) is 0 Å². The highest BCUT2D eigenvalue weighted by Crippen LogP contribution is 2.37. The fourth-order valence-corrected chi connectivity index (χ4v) is 3.99. The molecule has 0 bridgehead atoms. The SMILES string of the molecule is C=C(C#N)/C(=C\C#CC)c1ccc(CN2C(=O)C3(CCCCC3)N=C2C)cc1. The van der Waals surface area contributed by atoms with Crippen LogP contribution in [0.15, 0.2) is 47.5 Å². The van der Waals surface area contributed by atoms with Crippen LogP contribution in [0.1, 0.15) is 57.1 Å². The predicted octanol–water partition coefficient (Wildman–Crippen LogP) is 4.64. The van der Waals surface area contributed by atoms with Gasteiger partial charge >= 0.3 is 0 Å². The number of amides is 1.